The molecule has 2 heterocycles. The van der Waals surface area contributed by atoms with E-state index in [0.717, 1.165) is 25.1 Å². The molecule has 0 aliphatic carbocycles. The van der Waals surface area contributed by atoms with E-state index < -0.39 is 5.82 Å². The maximum atomic E-state index is 13.0. The molecule has 1 amide bonds. The number of nitrogens with zero attached hydrogens (tertiary/aromatic N) is 2. The number of likely N-dealkylation sites (N-methyl/N-ethyl adjacent to an activating group) is 1. The zero-order valence-electron chi connectivity index (χ0n) is 12.7. The molecule has 1 fully saturated rings. The minimum absolute atomic E-state index is 0.130. The predicted molar refractivity (Wildman–Crippen MR) is 77.7 cm³/mol. The largest absolute Gasteiger partial charge is 0.469 e. The van der Waals surface area contributed by atoms with Crippen molar-refractivity contribution in [2.45, 2.75) is 31.3 Å². The second kappa shape index (κ2) is 7.31. The fourth-order valence-corrected chi connectivity index (χ4v) is 2.71. The SMILES string of the molecule is COC(=O)C[C@H]1CC[C@@H](CNC(=O)c2cncc(F)c2)N1C. The number of halogens is 1. The van der Waals surface area contributed by atoms with Gasteiger partial charge >= 0.3 is 5.97 Å². The molecule has 7 heteroatoms. The van der Waals surface area contributed by atoms with Crippen molar-refractivity contribution in [2.24, 2.45) is 0 Å². The summed E-state index contributed by atoms with van der Waals surface area (Å²) in [5.41, 5.74) is 0.201. The van der Waals surface area contributed by atoms with Gasteiger partial charge in [0.15, 0.2) is 0 Å². The Morgan fingerprint density at radius 1 is 1.41 bits per heavy atom. The van der Waals surface area contributed by atoms with Crippen molar-refractivity contribution in [1.82, 2.24) is 15.2 Å². The number of hydrogen-bond acceptors (Lipinski definition) is 5. The number of esters is 1. The van der Waals surface area contributed by atoms with Crippen LogP contribution in [0.2, 0.25) is 0 Å². The Bertz CT molecular complexity index is 553. The van der Waals surface area contributed by atoms with E-state index >= 15 is 0 Å². The molecule has 0 radical (unpaired) electrons. The van der Waals surface area contributed by atoms with Crippen molar-refractivity contribution >= 4 is 11.9 Å². The van der Waals surface area contributed by atoms with Crippen LogP contribution in [0.4, 0.5) is 4.39 Å². The number of ether oxygens (including phenoxy) is 1. The zero-order chi connectivity index (χ0) is 16.1. The fraction of sp³-hybridized carbons (Fsp3) is 0.533. The van der Waals surface area contributed by atoms with Crippen molar-refractivity contribution in [3.8, 4) is 0 Å². The predicted octanol–water partition coefficient (Wildman–Crippen LogP) is 0.976. The van der Waals surface area contributed by atoms with E-state index in [1.165, 1.54) is 13.3 Å². The van der Waals surface area contributed by atoms with Gasteiger partial charge in [-0.3, -0.25) is 19.5 Å². The highest BCUT2D eigenvalue weighted by Gasteiger charge is 2.32. The smallest absolute Gasteiger partial charge is 0.307 e. The van der Waals surface area contributed by atoms with Crippen molar-refractivity contribution in [2.75, 3.05) is 20.7 Å². The third-order valence-corrected chi connectivity index (χ3v) is 4.08. The van der Waals surface area contributed by atoms with Crippen molar-refractivity contribution in [3.05, 3.63) is 29.8 Å². The van der Waals surface area contributed by atoms with E-state index in [4.69, 9.17) is 0 Å². The highest BCUT2D eigenvalue weighted by molar-refractivity contribution is 5.93. The van der Waals surface area contributed by atoms with Gasteiger partial charge in [0.25, 0.3) is 5.91 Å². The third-order valence-electron chi connectivity index (χ3n) is 4.08. The third kappa shape index (κ3) is 4.00. The molecule has 0 spiro atoms. The number of hydrogen-bond donors (Lipinski definition) is 1. The van der Waals surface area contributed by atoms with Gasteiger partial charge in [-0.05, 0) is 26.0 Å². The van der Waals surface area contributed by atoms with Gasteiger partial charge in [0.2, 0.25) is 0 Å². The lowest BCUT2D eigenvalue weighted by Gasteiger charge is -2.25. The molecule has 0 unspecified atom stereocenters. The van der Waals surface area contributed by atoms with Crippen LogP contribution >= 0.6 is 0 Å². The molecular formula is C15H20FN3O3. The molecular weight excluding hydrogens is 289 g/mol. The van der Waals surface area contributed by atoms with Crippen LogP contribution in [0.15, 0.2) is 18.5 Å². The zero-order valence-corrected chi connectivity index (χ0v) is 12.7. The Hall–Kier alpha value is -2.02. The van der Waals surface area contributed by atoms with Gasteiger partial charge in [-0.15, -0.1) is 0 Å². The second-order valence-electron chi connectivity index (χ2n) is 5.43. The molecule has 0 bridgehead atoms. The van der Waals surface area contributed by atoms with E-state index in [9.17, 15) is 14.0 Å². The lowest BCUT2D eigenvalue weighted by molar-refractivity contribution is -0.141. The van der Waals surface area contributed by atoms with Gasteiger partial charge in [-0.2, -0.15) is 0 Å². The van der Waals surface area contributed by atoms with E-state index in [1.807, 2.05) is 7.05 Å². The molecule has 1 aliphatic rings. The molecule has 1 aromatic rings. The van der Waals surface area contributed by atoms with Crippen LogP contribution in [0.3, 0.4) is 0 Å². The lowest BCUT2D eigenvalue weighted by Crippen LogP contribution is -2.41. The van der Waals surface area contributed by atoms with Gasteiger partial charge in [0, 0.05) is 24.8 Å². The summed E-state index contributed by atoms with van der Waals surface area (Å²) in [6.45, 7) is 0.448. The summed E-state index contributed by atoms with van der Waals surface area (Å²) in [6.07, 6.45) is 4.51. The van der Waals surface area contributed by atoms with Crippen molar-refractivity contribution in [3.63, 3.8) is 0 Å². The molecule has 6 nitrogen and oxygen atoms in total. The Balaban J connectivity index is 1.84. The van der Waals surface area contributed by atoms with Gasteiger partial charge in [-0.25, -0.2) is 4.39 Å². The average molecular weight is 309 g/mol. The van der Waals surface area contributed by atoms with E-state index in [-0.39, 0.29) is 29.5 Å². The van der Waals surface area contributed by atoms with Crippen LogP contribution in [0.5, 0.6) is 0 Å². The highest BCUT2D eigenvalue weighted by atomic mass is 19.1. The van der Waals surface area contributed by atoms with E-state index in [2.05, 4.69) is 19.9 Å². The molecule has 1 saturated heterocycles. The first-order chi connectivity index (χ1) is 10.5. The Morgan fingerprint density at radius 3 is 2.82 bits per heavy atom. The summed E-state index contributed by atoms with van der Waals surface area (Å²) in [7, 11) is 3.31. The number of carbonyl (C=O) groups excluding carboxylic acids is 2. The fourth-order valence-electron chi connectivity index (χ4n) is 2.71. The monoisotopic (exact) mass is 309 g/mol. The van der Waals surface area contributed by atoms with Crippen molar-refractivity contribution < 1.29 is 18.7 Å². The molecule has 0 aromatic carbocycles. The Morgan fingerprint density at radius 2 is 2.14 bits per heavy atom. The topological polar surface area (TPSA) is 71.5 Å². The van der Waals surface area contributed by atoms with Crippen LogP contribution < -0.4 is 5.32 Å². The number of pyridine rings is 1. The summed E-state index contributed by atoms with van der Waals surface area (Å²) in [5, 5.41) is 2.78. The first kappa shape index (κ1) is 16.4. The average Bonchev–Trinajstić information content (AvgIpc) is 2.85. The van der Waals surface area contributed by atoms with Crippen LogP contribution in [-0.2, 0) is 9.53 Å². The summed E-state index contributed by atoms with van der Waals surface area (Å²) < 4.78 is 17.7. The standard InChI is InChI=1S/C15H20FN3O3/c1-19-12(6-14(20)22-2)3-4-13(19)9-18-15(21)10-5-11(16)8-17-7-10/h5,7-8,12-13H,3-4,6,9H2,1-2H3,(H,18,21)/t12-,13+/m1/s1. The van der Waals surface area contributed by atoms with Gasteiger partial charge < -0.3 is 10.1 Å². The first-order valence-electron chi connectivity index (χ1n) is 7.18. The van der Waals surface area contributed by atoms with E-state index in [1.54, 1.807) is 0 Å². The molecule has 1 aromatic heterocycles. The van der Waals surface area contributed by atoms with Gasteiger partial charge in [0.1, 0.15) is 5.82 Å². The normalized spacial score (nSPS) is 21.6. The molecule has 2 rings (SSSR count). The number of aromatic nitrogens is 1. The Kier molecular flexibility index (Phi) is 5.43. The molecule has 120 valence electrons. The number of carbonyl (C=O) groups is 2. The maximum Gasteiger partial charge on any atom is 0.307 e. The number of nitrogens with one attached hydrogen (secondary N) is 1. The molecule has 0 saturated carbocycles. The highest BCUT2D eigenvalue weighted by Crippen LogP contribution is 2.24. The first-order valence-corrected chi connectivity index (χ1v) is 7.18. The molecule has 2 atom stereocenters. The number of rotatable bonds is 5. The summed E-state index contributed by atoms with van der Waals surface area (Å²) in [4.78, 5) is 29.0. The maximum absolute atomic E-state index is 13.0. The summed E-state index contributed by atoms with van der Waals surface area (Å²) in [5.74, 6) is -1.12. The van der Waals surface area contributed by atoms with Gasteiger partial charge in [-0.1, -0.05) is 0 Å². The van der Waals surface area contributed by atoms with Crippen LogP contribution in [0, 0.1) is 5.82 Å². The lowest BCUT2D eigenvalue weighted by atomic mass is 10.1. The number of likely N-dealkylation sites (tertiary alicyclic amines) is 1. The van der Waals surface area contributed by atoms with Gasteiger partial charge in [0.05, 0.1) is 25.3 Å². The number of methoxy groups -OCH3 is 1. The number of amides is 1. The minimum Gasteiger partial charge on any atom is -0.469 e. The summed E-state index contributed by atoms with van der Waals surface area (Å²) in [6, 6.07) is 1.44. The van der Waals surface area contributed by atoms with Crippen LogP contribution in [-0.4, -0.2) is 54.5 Å². The molecule has 22 heavy (non-hydrogen) atoms. The van der Waals surface area contributed by atoms with E-state index in [0.29, 0.717) is 13.0 Å². The molecule has 1 aliphatic heterocycles. The van der Waals surface area contributed by atoms with Crippen LogP contribution in [0.1, 0.15) is 29.6 Å². The Labute approximate surface area is 128 Å². The molecule has 1 N–H and O–H groups in total. The van der Waals surface area contributed by atoms with Crippen LogP contribution in [0.25, 0.3) is 0 Å². The quantitative estimate of drug-likeness (QED) is 0.821. The van der Waals surface area contributed by atoms with Crippen molar-refractivity contribution in [1.29, 1.82) is 0 Å². The second-order valence-corrected chi connectivity index (χ2v) is 5.43. The summed E-state index contributed by atoms with van der Waals surface area (Å²) >= 11 is 0. The minimum atomic E-state index is -0.538.